The lowest BCUT2D eigenvalue weighted by atomic mass is 10.0. The highest BCUT2D eigenvalue weighted by molar-refractivity contribution is 5.91. The number of rotatable bonds is 10. The van der Waals surface area contributed by atoms with Crippen LogP contribution in [0.25, 0.3) is 0 Å². The van der Waals surface area contributed by atoms with E-state index in [1.54, 1.807) is 13.2 Å². The van der Waals surface area contributed by atoms with Crippen LogP contribution in [0.15, 0.2) is 40.8 Å². The molecule has 3 rings (SSSR count). The molecule has 1 N–H and O–H groups in total. The van der Waals surface area contributed by atoms with E-state index in [1.807, 2.05) is 18.2 Å². The van der Waals surface area contributed by atoms with Crippen LogP contribution >= 0.6 is 0 Å². The smallest absolute Gasteiger partial charge is 0.287 e. The van der Waals surface area contributed by atoms with Crippen LogP contribution in [0.1, 0.15) is 61.0 Å². The number of hydrogen-bond acceptors (Lipinski definition) is 5. The zero-order valence-electron chi connectivity index (χ0n) is 18.5. The third-order valence-corrected chi connectivity index (χ3v) is 5.95. The number of benzene rings is 1. The van der Waals surface area contributed by atoms with Crippen LogP contribution in [0.5, 0.6) is 5.75 Å². The van der Waals surface area contributed by atoms with Crippen molar-refractivity contribution in [2.75, 3.05) is 39.8 Å². The first-order chi connectivity index (χ1) is 14.6. The minimum atomic E-state index is -0.156. The Balaban J connectivity index is 1.65. The average molecular weight is 414 g/mol. The van der Waals surface area contributed by atoms with Crippen molar-refractivity contribution in [1.82, 2.24) is 15.1 Å². The molecule has 164 valence electrons. The third-order valence-electron chi connectivity index (χ3n) is 5.95. The van der Waals surface area contributed by atoms with E-state index in [1.165, 1.54) is 24.8 Å². The van der Waals surface area contributed by atoms with Gasteiger partial charge in [-0.05, 0) is 68.8 Å². The summed E-state index contributed by atoms with van der Waals surface area (Å²) in [7, 11) is 1.68. The number of nitrogens with one attached hydrogen (secondary N) is 1. The summed E-state index contributed by atoms with van der Waals surface area (Å²) in [5.41, 5.74) is 1.19. The second kappa shape index (κ2) is 11.2. The molecule has 1 aromatic carbocycles. The maximum Gasteiger partial charge on any atom is 0.287 e. The molecule has 0 aliphatic carbocycles. The van der Waals surface area contributed by atoms with Crippen LogP contribution in [0, 0.1) is 0 Å². The number of ether oxygens (including phenoxy) is 1. The number of hydrogen-bond donors (Lipinski definition) is 1. The number of carbonyl (C=O) groups excluding carboxylic acids is 1. The molecule has 0 radical (unpaired) electrons. The summed E-state index contributed by atoms with van der Waals surface area (Å²) in [6, 6.07) is 12.0. The van der Waals surface area contributed by atoms with E-state index in [0.717, 1.165) is 44.2 Å². The molecule has 1 fully saturated rings. The topological polar surface area (TPSA) is 58.0 Å². The molecule has 0 spiro atoms. The minimum absolute atomic E-state index is 0.144. The molecule has 6 nitrogen and oxygen atoms in total. The van der Waals surface area contributed by atoms with Gasteiger partial charge < -0.3 is 14.5 Å². The van der Waals surface area contributed by atoms with E-state index in [9.17, 15) is 4.79 Å². The summed E-state index contributed by atoms with van der Waals surface area (Å²) in [6.07, 6.45) is 3.68. The van der Waals surface area contributed by atoms with Crippen molar-refractivity contribution >= 4 is 5.91 Å². The zero-order valence-corrected chi connectivity index (χ0v) is 18.5. The Morgan fingerprint density at radius 2 is 1.80 bits per heavy atom. The monoisotopic (exact) mass is 413 g/mol. The quantitative estimate of drug-likeness (QED) is 0.636. The number of piperidine rings is 1. The molecular weight excluding hydrogens is 378 g/mol. The van der Waals surface area contributed by atoms with Gasteiger partial charge in [-0.1, -0.05) is 32.4 Å². The molecule has 30 heavy (non-hydrogen) atoms. The Kier molecular flexibility index (Phi) is 8.34. The number of carbonyl (C=O) groups is 1. The van der Waals surface area contributed by atoms with Crippen LogP contribution in [-0.4, -0.2) is 55.5 Å². The first-order valence-corrected chi connectivity index (χ1v) is 11.1. The van der Waals surface area contributed by atoms with Crippen molar-refractivity contribution < 1.29 is 13.9 Å². The fourth-order valence-electron chi connectivity index (χ4n) is 4.04. The third kappa shape index (κ3) is 5.86. The van der Waals surface area contributed by atoms with Crippen LogP contribution in [0.4, 0.5) is 0 Å². The molecule has 1 aliphatic rings. The molecule has 0 bridgehead atoms. The number of nitrogens with zero attached hydrogens (tertiary/aromatic N) is 2. The predicted molar refractivity (Wildman–Crippen MR) is 119 cm³/mol. The van der Waals surface area contributed by atoms with Gasteiger partial charge in [-0.15, -0.1) is 0 Å². The van der Waals surface area contributed by atoms with Crippen LogP contribution in [0.2, 0.25) is 0 Å². The largest absolute Gasteiger partial charge is 0.497 e. The summed E-state index contributed by atoms with van der Waals surface area (Å²) < 4.78 is 11.1. The fraction of sp³-hybridized carbons (Fsp3) is 0.542. The van der Waals surface area contributed by atoms with Gasteiger partial charge in [-0.3, -0.25) is 14.6 Å². The molecular formula is C24H35N3O3. The molecule has 1 saturated heterocycles. The van der Waals surface area contributed by atoms with E-state index in [4.69, 9.17) is 9.15 Å². The highest BCUT2D eigenvalue weighted by atomic mass is 16.5. The number of methoxy groups -OCH3 is 1. The number of likely N-dealkylation sites (tertiary alicyclic amines) is 1. The SMILES string of the molecule is CCN(CC)Cc1ccc(C(=O)NC[C@@H](c2ccc(OC)cc2)N2CCCCC2)o1. The number of amides is 1. The normalized spacial score (nSPS) is 15.9. The zero-order chi connectivity index (χ0) is 21.3. The Morgan fingerprint density at radius 3 is 2.43 bits per heavy atom. The fourth-order valence-corrected chi connectivity index (χ4v) is 4.04. The minimum Gasteiger partial charge on any atom is -0.497 e. The maximum atomic E-state index is 12.7. The summed E-state index contributed by atoms with van der Waals surface area (Å²) in [5.74, 6) is 1.89. The lowest BCUT2D eigenvalue weighted by Gasteiger charge is -2.35. The molecule has 2 heterocycles. The van der Waals surface area contributed by atoms with Crippen LogP contribution < -0.4 is 10.1 Å². The molecule has 0 saturated carbocycles. The Morgan fingerprint density at radius 1 is 1.10 bits per heavy atom. The molecule has 0 unspecified atom stereocenters. The van der Waals surface area contributed by atoms with Gasteiger partial charge in [0, 0.05) is 6.54 Å². The molecule has 1 aliphatic heterocycles. The summed E-state index contributed by atoms with van der Waals surface area (Å²) in [4.78, 5) is 17.5. The van der Waals surface area contributed by atoms with Crippen LogP contribution in [0.3, 0.4) is 0 Å². The molecule has 6 heteroatoms. The lowest BCUT2D eigenvalue weighted by Crippen LogP contribution is -2.40. The van der Waals surface area contributed by atoms with Gasteiger partial charge in [0.15, 0.2) is 5.76 Å². The molecule has 1 aromatic heterocycles. The van der Waals surface area contributed by atoms with Gasteiger partial charge in [0.1, 0.15) is 11.5 Å². The van der Waals surface area contributed by atoms with Gasteiger partial charge in [0.2, 0.25) is 0 Å². The van der Waals surface area contributed by atoms with Crippen molar-refractivity contribution in [2.45, 2.75) is 45.7 Å². The van der Waals surface area contributed by atoms with Gasteiger partial charge >= 0.3 is 0 Å². The predicted octanol–water partition coefficient (Wildman–Crippen LogP) is 4.09. The van der Waals surface area contributed by atoms with Gasteiger partial charge in [0.05, 0.1) is 19.7 Å². The first-order valence-electron chi connectivity index (χ1n) is 11.1. The van der Waals surface area contributed by atoms with E-state index in [2.05, 4.69) is 41.1 Å². The highest BCUT2D eigenvalue weighted by Gasteiger charge is 2.24. The maximum absolute atomic E-state index is 12.7. The summed E-state index contributed by atoms with van der Waals surface area (Å²) in [6.45, 7) is 9.55. The standard InChI is InChI=1S/C24H35N3O3/c1-4-26(5-2)18-21-13-14-23(30-21)24(28)25-17-22(27-15-7-6-8-16-27)19-9-11-20(29-3)12-10-19/h9-14,22H,4-8,15-18H2,1-3H3,(H,25,28)/t22-/m0/s1. The Hall–Kier alpha value is -2.31. The van der Waals surface area contributed by atoms with E-state index < -0.39 is 0 Å². The molecule has 1 atom stereocenters. The van der Waals surface area contributed by atoms with Gasteiger partial charge in [-0.25, -0.2) is 0 Å². The molecule has 2 aromatic rings. The summed E-state index contributed by atoms with van der Waals surface area (Å²) in [5, 5.41) is 3.10. The first kappa shape index (κ1) is 22.4. The van der Waals surface area contributed by atoms with Crippen molar-refractivity contribution in [3.05, 3.63) is 53.5 Å². The van der Waals surface area contributed by atoms with Crippen molar-refractivity contribution in [2.24, 2.45) is 0 Å². The Labute approximate surface area is 180 Å². The van der Waals surface area contributed by atoms with Crippen molar-refractivity contribution in [1.29, 1.82) is 0 Å². The lowest BCUT2D eigenvalue weighted by molar-refractivity contribution is 0.0893. The molecule has 1 amide bonds. The van der Waals surface area contributed by atoms with E-state index >= 15 is 0 Å². The summed E-state index contributed by atoms with van der Waals surface area (Å²) >= 11 is 0. The average Bonchev–Trinajstić information content (AvgIpc) is 3.27. The second-order valence-electron chi connectivity index (χ2n) is 7.82. The highest BCUT2D eigenvalue weighted by Crippen LogP contribution is 2.26. The van der Waals surface area contributed by atoms with Crippen molar-refractivity contribution in [3.63, 3.8) is 0 Å². The Bertz CT molecular complexity index is 777. The van der Waals surface area contributed by atoms with Gasteiger partial charge in [0.25, 0.3) is 5.91 Å². The van der Waals surface area contributed by atoms with Gasteiger partial charge in [-0.2, -0.15) is 0 Å². The van der Waals surface area contributed by atoms with Crippen molar-refractivity contribution in [3.8, 4) is 5.75 Å². The second-order valence-corrected chi connectivity index (χ2v) is 7.82. The van der Waals surface area contributed by atoms with Crippen LogP contribution in [-0.2, 0) is 6.54 Å². The van der Waals surface area contributed by atoms with E-state index in [0.29, 0.717) is 12.3 Å². The number of furan rings is 1. The van der Waals surface area contributed by atoms with E-state index in [-0.39, 0.29) is 11.9 Å².